The van der Waals surface area contributed by atoms with Crippen LogP contribution in [-0.4, -0.2) is 57.8 Å². The van der Waals surface area contributed by atoms with Gasteiger partial charge in [0, 0.05) is 37.6 Å². The fourth-order valence-electron chi connectivity index (χ4n) is 3.01. The Bertz CT molecular complexity index is 930. The van der Waals surface area contributed by atoms with Gasteiger partial charge < -0.3 is 15.4 Å². The Morgan fingerprint density at radius 2 is 1.83 bits per heavy atom. The zero-order valence-electron chi connectivity index (χ0n) is 16.3. The molecule has 3 N–H and O–H groups in total. The van der Waals surface area contributed by atoms with Crippen LogP contribution in [-0.2, 0) is 14.8 Å². The largest absolute Gasteiger partial charge is 0.379 e. The van der Waals surface area contributed by atoms with Crippen LogP contribution in [0, 0.1) is 6.92 Å². The topological polar surface area (TPSA) is 82.7 Å². The van der Waals surface area contributed by atoms with Crippen molar-refractivity contribution in [3.05, 3.63) is 54.1 Å². The molecule has 9 heteroatoms. The molecule has 2 aromatic rings. The monoisotopic (exact) mass is 434 g/mol. The van der Waals surface area contributed by atoms with Gasteiger partial charge in [0.2, 0.25) is 0 Å². The molecule has 1 fully saturated rings. The zero-order chi connectivity index (χ0) is 20.7. The van der Waals surface area contributed by atoms with Gasteiger partial charge in [-0.3, -0.25) is 9.62 Å². The molecule has 0 bridgehead atoms. The van der Waals surface area contributed by atoms with Crippen LogP contribution in [0.2, 0.25) is 0 Å². The molecule has 0 amide bonds. The summed E-state index contributed by atoms with van der Waals surface area (Å²) in [5.41, 5.74) is 1.80. The number of aryl methyl sites for hydroxylation is 1. The molecule has 0 atom stereocenters. The molecule has 2 aromatic carbocycles. The molecule has 1 saturated heterocycles. The summed E-state index contributed by atoms with van der Waals surface area (Å²) in [6, 6.07) is 14.0. The maximum absolute atomic E-state index is 12.8. The van der Waals surface area contributed by atoms with E-state index in [0.29, 0.717) is 28.6 Å². The van der Waals surface area contributed by atoms with E-state index in [9.17, 15) is 8.42 Å². The Hall–Kier alpha value is -2.20. The van der Waals surface area contributed by atoms with Crippen LogP contribution in [0.4, 0.5) is 11.4 Å². The second-order valence-corrected chi connectivity index (χ2v) is 8.85. The van der Waals surface area contributed by atoms with Gasteiger partial charge in [0.15, 0.2) is 5.11 Å². The zero-order valence-corrected chi connectivity index (χ0v) is 18.0. The van der Waals surface area contributed by atoms with Crippen molar-refractivity contribution in [3.8, 4) is 0 Å². The highest BCUT2D eigenvalue weighted by Crippen LogP contribution is 2.23. The number of hydrogen-bond acceptors (Lipinski definition) is 5. The van der Waals surface area contributed by atoms with E-state index in [2.05, 4.69) is 20.3 Å². The van der Waals surface area contributed by atoms with Crippen LogP contribution >= 0.6 is 12.2 Å². The average molecular weight is 435 g/mol. The van der Waals surface area contributed by atoms with Crippen LogP contribution in [0.1, 0.15) is 5.56 Å². The van der Waals surface area contributed by atoms with Gasteiger partial charge in [-0.15, -0.1) is 0 Å². The Balaban J connectivity index is 1.60. The maximum atomic E-state index is 12.8. The summed E-state index contributed by atoms with van der Waals surface area (Å²) in [6.45, 7) is 6.73. The van der Waals surface area contributed by atoms with Gasteiger partial charge >= 0.3 is 0 Å². The molecule has 0 unspecified atom stereocenters. The van der Waals surface area contributed by atoms with Crippen molar-refractivity contribution in [3.63, 3.8) is 0 Å². The molecule has 0 aliphatic carbocycles. The standard InChI is InChI=1S/C20H26N4O3S2/c1-16-7-8-18(22-20(28)21-9-10-24-11-13-27-14-12-24)15-19(16)29(25,26)23-17-5-3-2-4-6-17/h2-8,15,23H,9-14H2,1H3,(H2,21,22,28). The molecule has 29 heavy (non-hydrogen) atoms. The highest BCUT2D eigenvalue weighted by Gasteiger charge is 2.18. The number of benzene rings is 2. The summed E-state index contributed by atoms with van der Waals surface area (Å²) in [4.78, 5) is 2.52. The van der Waals surface area contributed by atoms with Crippen LogP contribution in [0.15, 0.2) is 53.4 Å². The minimum Gasteiger partial charge on any atom is -0.379 e. The molecule has 0 radical (unpaired) electrons. The normalized spacial score (nSPS) is 14.9. The van der Waals surface area contributed by atoms with Gasteiger partial charge in [0.1, 0.15) is 0 Å². The summed E-state index contributed by atoms with van der Waals surface area (Å²) >= 11 is 5.35. The van der Waals surface area contributed by atoms with E-state index in [1.54, 1.807) is 43.3 Å². The van der Waals surface area contributed by atoms with Gasteiger partial charge in [0.25, 0.3) is 10.0 Å². The summed E-state index contributed by atoms with van der Waals surface area (Å²) in [7, 11) is -3.71. The minimum atomic E-state index is -3.71. The van der Waals surface area contributed by atoms with Crippen LogP contribution in [0.5, 0.6) is 0 Å². The van der Waals surface area contributed by atoms with Crippen molar-refractivity contribution < 1.29 is 13.2 Å². The van der Waals surface area contributed by atoms with Crippen molar-refractivity contribution in [2.75, 3.05) is 49.4 Å². The van der Waals surface area contributed by atoms with Crippen molar-refractivity contribution in [2.24, 2.45) is 0 Å². The molecule has 3 rings (SSSR count). The molecule has 7 nitrogen and oxygen atoms in total. The van der Waals surface area contributed by atoms with Crippen molar-refractivity contribution in [2.45, 2.75) is 11.8 Å². The van der Waals surface area contributed by atoms with Gasteiger partial charge in [-0.25, -0.2) is 8.42 Å². The van der Waals surface area contributed by atoms with E-state index < -0.39 is 10.0 Å². The van der Waals surface area contributed by atoms with Gasteiger partial charge in [-0.2, -0.15) is 0 Å². The lowest BCUT2D eigenvalue weighted by atomic mass is 10.2. The third kappa shape index (κ3) is 6.40. The number of sulfonamides is 1. The van der Waals surface area contributed by atoms with Crippen molar-refractivity contribution in [1.29, 1.82) is 0 Å². The fraction of sp³-hybridized carbons (Fsp3) is 0.350. The molecule has 0 aromatic heterocycles. The first-order chi connectivity index (χ1) is 13.9. The summed E-state index contributed by atoms with van der Waals surface area (Å²) < 4.78 is 33.6. The van der Waals surface area contributed by atoms with E-state index in [1.165, 1.54) is 0 Å². The summed E-state index contributed by atoms with van der Waals surface area (Å²) in [5.74, 6) is 0. The van der Waals surface area contributed by atoms with E-state index in [0.717, 1.165) is 32.8 Å². The van der Waals surface area contributed by atoms with E-state index in [-0.39, 0.29) is 4.90 Å². The van der Waals surface area contributed by atoms with Gasteiger partial charge in [-0.1, -0.05) is 24.3 Å². The second-order valence-electron chi connectivity index (χ2n) is 6.79. The number of rotatable bonds is 7. The first-order valence-corrected chi connectivity index (χ1v) is 11.4. The van der Waals surface area contributed by atoms with Gasteiger partial charge in [-0.05, 0) is 49.0 Å². The summed E-state index contributed by atoms with van der Waals surface area (Å²) in [6.07, 6.45) is 0. The molecule has 1 aliphatic rings. The minimum absolute atomic E-state index is 0.211. The smallest absolute Gasteiger partial charge is 0.262 e. The quantitative estimate of drug-likeness (QED) is 0.577. The number of anilines is 2. The number of morpholine rings is 1. The predicted molar refractivity (Wildman–Crippen MR) is 120 cm³/mol. The van der Waals surface area contributed by atoms with E-state index >= 15 is 0 Å². The van der Waals surface area contributed by atoms with E-state index in [4.69, 9.17) is 17.0 Å². The second kappa shape index (κ2) is 10.0. The molecule has 0 saturated carbocycles. The Kier molecular flexibility index (Phi) is 7.43. The van der Waals surface area contributed by atoms with Crippen molar-refractivity contribution in [1.82, 2.24) is 10.2 Å². The Morgan fingerprint density at radius 3 is 2.55 bits per heavy atom. The number of nitrogens with one attached hydrogen (secondary N) is 3. The molecule has 0 spiro atoms. The predicted octanol–water partition coefficient (Wildman–Crippen LogP) is 2.41. The Morgan fingerprint density at radius 1 is 1.10 bits per heavy atom. The number of ether oxygens (including phenoxy) is 1. The fourth-order valence-corrected chi connectivity index (χ4v) is 4.56. The maximum Gasteiger partial charge on any atom is 0.262 e. The highest BCUT2D eigenvalue weighted by molar-refractivity contribution is 7.92. The third-order valence-electron chi connectivity index (χ3n) is 4.58. The van der Waals surface area contributed by atoms with Gasteiger partial charge in [0.05, 0.1) is 18.1 Å². The average Bonchev–Trinajstić information content (AvgIpc) is 2.70. The molecule has 156 valence electrons. The number of para-hydroxylation sites is 1. The molecular weight excluding hydrogens is 408 g/mol. The number of thiocarbonyl (C=S) groups is 1. The molecule has 1 heterocycles. The highest BCUT2D eigenvalue weighted by atomic mass is 32.2. The Labute approximate surface area is 177 Å². The number of nitrogens with zero attached hydrogens (tertiary/aromatic N) is 1. The lowest BCUT2D eigenvalue weighted by Crippen LogP contribution is -2.42. The van der Waals surface area contributed by atoms with E-state index in [1.807, 2.05) is 12.1 Å². The third-order valence-corrected chi connectivity index (χ3v) is 6.35. The van der Waals surface area contributed by atoms with Crippen molar-refractivity contribution >= 4 is 38.7 Å². The van der Waals surface area contributed by atoms with Crippen LogP contribution in [0.3, 0.4) is 0 Å². The first kappa shape index (κ1) is 21.5. The molecule has 1 aliphatic heterocycles. The number of hydrogen-bond donors (Lipinski definition) is 3. The molecular formula is C20H26N4O3S2. The lowest BCUT2D eigenvalue weighted by molar-refractivity contribution is 0.0389. The van der Waals surface area contributed by atoms with Crippen LogP contribution < -0.4 is 15.4 Å². The first-order valence-electron chi connectivity index (χ1n) is 9.47. The summed E-state index contributed by atoms with van der Waals surface area (Å²) in [5, 5.41) is 6.69. The SMILES string of the molecule is Cc1ccc(NC(=S)NCCN2CCOCC2)cc1S(=O)(=O)Nc1ccccc1. The van der Waals surface area contributed by atoms with Crippen LogP contribution in [0.25, 0.3) is 0 Å². The lowest BCUT2D eigenvalue weighted by Gasteiger charge is -2.26.